The van der Waals surface area contributed by atoms with Gasteiger partial charge in [-0.3, -0.25) is 0 Å². The molecule has 1 unspecified atom stereocenters. The molecule has 0 bridgehead atoms. The summed E-state index contributed by atoms with van der Waals surface area (Å²) >= 11 is 3.18. The highest BCUT2D eigenvalue weighted by molar-refractivity contribution is 9.10. The second-order valence-corrected chi connectivity index (χ2v) is 5.41. The molecule has 1 aromatic heterocycles. The fraction of sp³-hybridized carbons (Fsp3) is 0.333. The highest BCUT2D eigenvalue weighted by Crippen LogP contribution is 2.27. The smallest absolute Gasteiger partial charge is 0.137 e. The summed E-state index contributed by atoms with van der Waals surface area (Å²) in [6.07, 6.45) is 0.843. The van der Waals surface area contributed by atoms with Crippen molar-refractivity contribution < 1.29 is 8.81 Å². The average molecular weight is 326 g/mol. The summed E-state index contributed by atoms with van der Waals surface area (Å²) in [6, 6.07) is 9.16. The molecule has 0 saturated carbocycles. The molecule has 0 aliphatic rings. The third kappa shape index (κ3) is 3.67. The van der Waals surface area contributed by atoms with Crippen molar-refractivity contribution in [3.05, 3.63) is 46.4 Å². The monoisotopic (exact) mass is 325 g/mol. The summed E-state index contributed by atoms with van der Waals surface area (Å²) in [5, 5.41) is 3.34. The van der Waals surface area contributed by atoms with Gasteiger partial charge in [0.2, 0.25) is 0 Å². The van der Waals surface area contributed by atoms with Crippen LogP contribution in [0.5, 0.6) is 0 Å². The Labute approximate surface area is 121 Å². The van der Waals surface area contributed by atoms with Crippen LogP contribution in [-0.2, 0) is 6.42 Å². The Morgan fingerprint density at radius 2 is 2.11 bits per heavy atom. The molecular weight excluding hydrogens is 309 g/mol. The van der Waals surface area contributed by atoms with Gasteiger partial charge >= 0.3 is 0 Å². The molecule has 1 atom stereocenters. The second kappa shape index (κ2) is 6.35. The lowest BCUT2D eigenvalue weighted by Crippen LogP contribution is -2.27. The van der Waals surface area contributed by atoms with Crippen LogP contribution in [0.3, 0.4) is 0 Å². The predicted octanol–water partition coefficient (Wildman–Crippen LogP) is 4.39. The first kappa shape index (κ1) is 14.3. The zero-order valence-corrected chi connectivity index (χ0v) is 12.6. The molecule has 1 N–H and O–H groups in total. The van der Waals surface area contributed by atoms with Crippen molar-refractivity contribution in [1.82, 2.24) is 5.32 Å². The summed E-state index contributed by atoms with van der Waals surface area (Å²) in [6.45, 7) is 5.15. The Morgan fingerprint density at radius 3 is 2.79 bits per heavy atom. The molecule has 0 saturated heterocycles. The second-order valence-electron chi connectivity index (χ2n) is 4.56. The van der Waals surface area contributed by atoms with E-state index in [2.05, 4.69) is 35.1 Å². The molecule has 0 amide bonds. The molecule has 0 radical (unpaired) electrons. The summed E-state index contributed by atoms with van der Waals surface area (Å²) in [7, 11) is 0. The summed E-state index contributed by atoms with van der Waals surface area (Å²) in [5.41, 5.74) is 0.871. The number of benzene rings is 1. The van der Waals surface area contributed by atoms with Crippen LogP contribution in [0.4, 0.5) is 4.39 Å². The number of nitrogens with one attached hydrogen (secondary N) is 1. The summed E-state index contributed by atoms with van der Waals surface area (Å²) in [5.74, 6) is 1.43. The normalized spacial score (nSPS) is 12.6. The highest BCUT2D eigenvalue weighted by Gasteiger charge is 2.09. The molecule has 2 aromatic rings. The average Bonchev–Trinajstić information content (AvgIpc) is 2.81. The van der Waals surface area contributed by atoms with E-state index in [1.165, 1.54) is 6.07 Å². The van der Waals surface area contributed by atoms with Gasteiger partial charge in [0, 0.05) is 18.0 Å². The van der Waals surface area contributed by atoms with E-state index in [4.69, 9.17) is 4.42 Å². The van der Waals surface area contributed by atoms with Gasteiger partial charge in [0.1, 0.15) is 17.3 Å². The van der Waals surface area contributed by atoms with Crippen LogP contribution in [-0.4, -0.2) is 12.6 Å². The van der Waals surface area contributed by atoms with Crippen LogP contribution in [0.25, 0.3) is 11.3 Å². The Bertz CT molecular complexity index is 553. The molecule has 0 fully saturated rings. The quantitative estimate of drug-likeness (QED) is 0.882. The molecule has 0 aliphatic carbocycles. The summed E-state index contributed by atoms with van der Waals surface area (Å²) in [4.78, 5) is 0. The zero-order chi connectivity index (χ0) is 13.8. The Balaban J connectivity index is 2.14. The van der Waals surface area contributed by atoms with Gasteiger partial charge in [0.25, 0.3) is 0 Å². The molecule has 19 heavy (non-hydrogen) atoms. The van der Waals surface area contributed by atoms with Crippen molar-refractivity contribution in [2.45, 2.75) is 26.3 Å². The molecule has 0 spiro atoms. The van der Waals surface area contributed by atoms with Gasteiger partial charge in [-0.25, -0.2) is 4.39 Å². The molecule has 4 heteroatoms. The number of hydrogen-bond acceptors (Lipinski definition) is 2. The lowest BCUT2D eigenvalue weighted by molar-refractivity contribution is 0.470. The molecule has 102 valence electrons. The first-order valence-electron chi connectivity index (χ1n) is 6.37. The minimum atomic E-state index is -0.267. The van der Waals surface area contributed by atoms with Crippen LogP contribution >= 0.6 is 15.9 Å². The SMILES string of the molecule is CCNC(C)Cc1ccc(-c2ccc(F)c(Br)c2)o1. The number of rotatable bonds is 5. The first-order valence-corrected chi connectivity index (χ1v) is 7.17. The predicted molar refractivity (Wildman–Crippen MR) is 78.6 cm³/mol. The maximum absolute atomic E-state index is 13.2. The van der Waals surface area contributed by atoms with Crippen molar-refractivity contribution in [1.29, 1.82) is 0 Å². The number of halogens is 2. The highest BCUT2D eigenvalue weighted by atomic mass is 79.9. The van der Waals surface area contributed by atoms with Gasteiger partial charge in [-0.2, -0.15) is 0 Å². The van der Waals surface area contributed by atoms with E-state index in [-0.39, 0.29) is 5.82 Å². The molecule has 1 heterocycles. The fourth-order valence-electron chi connectivity index (χ4n) is 2.01. The van der Waals surface area contributed by atoms with Crippen molar-refractivity contribution in [2.24, 2.45) is 0 Å². The minimum Gasteiger partial charge on any atom is -0.461 e. The molecular formula is C15H17BrFNO. The van der Waals surface area contributed by atoms with Crippen LogP contribution in [0.1, 0.15) is 19.6 Å². The standard InChI is InChI=1S/C15H17BrFNO/c1-3-18-10(2)8-12-5-7-15(19-12)11-4-6-14(17)13(16)9-11/h4-7,9-10,18H,3,8H2,1-2H3. The fourth-order valence-corrected chi connectivity index (χ4v) is 2.39. The van der Waals surface area contributed by atoms with Gasteiger partial charge < -0.3 is 9.73 Å². The molecule has 0 aliphatic heterocycles. The zero-order valence-electron chi connectivity index (χ0n) is 11.0. The third-order valence-corrected chi connectivity index (χ3v) is 3.53. The van der Waals surface area contributed by atoms with E-state index in [0.717, 1.165) is 30.0 Å². The minimum absolute atomic E-state index is 0.267. The van der Waals surface area contributed by atoms with Crippen molar-refractivity contribution in [3.8, 4) is 11.3 Å². The Morgan fingerprint density at radius 1 is 1.32 bits per heavy atom. The van der Waals surface area contributed by atoms with Gasteiger partial charge in [-0.05, 0) is 59.7 Å². The molecule has 2 rings (SSSR count). The van der Waals surface area contributed by atoms with Gasteiger partial charge in [-0.15, -0.1) is 0 Å². The number of hydrogen-bond donors (Lipinski definition) is 1. The lowest BCUT2D eigenvalue weighted by Gasteiger charge is -2.09. The van der Waals surface area contributed by atoms with E-state index >= 15 is 0 Å². The molecule has 2 nitrogen and oxygen atoms in total. The van der Waals surface area contributed by atoms with Gasteiger partial charge in [-0.1, -0.05) is 6.92 Å². The van der Waals surface area contributed by atoms with E-state index in [9.17, 15) is 4.39 Å². The van der Waals surface area contributed by atoms with Crippen LogP contribution in [0.2, 0.25) is 0 Å². The lowest BCUT2D eigenvalue weighted by atomic mass is 10.2. The first-order chi connectivity index (χ1) is 9.10. The van der Waals surface area contributed by atoms with Crippen LogP contribution in [0, 0.1) is 5.82 Å². The van der Waals surface area contributed by atoms with Crippen LogP contribution < -0.4 is 5.32 Å². The van der Waals surface area contributed by atoms with Crippen molar-refractivity contribution in [3.63, 3.8) is 0 Å². The van der Waals surface area contributed by atoms with Crippen LogP contribution in [0.15, 0.2) is 39.2 Å². The Kier molecular flexibility index (Phi) is 4.77. The summed E-state index contributed by atoms with van der Waals surface area (Å²) < 4.78 is 19.4. The van der Waals surface area contributed by atoms with Gasteiger partial charge in [0.05, 0.1) is 4.47 Å². The Hall–Kier alpha value is -1.13. The topological polar surface area (TPSA) is 25.2 Å². The largest absolute Gasteiger partial charge is 0.461 e. The van der Waals surface area contributed by atoms with E-state index in [1.807, 2.05) is 12.1 Å². The third-order valence-electron chi connectivity index (χ3n) is 2.93. The number of likely N-dealkylation sites (N-methyl/N-ethyl adjacent to an activating group) is 1. The van der Waals surface area contributed by atoms with E-state index < -0.39 is 0 Å². The van der Waals surface area contributed by atoms with E-state index in [1.54, 1.807) is 12.1 Å². The molecule has 1 aromatic carbocycles. The van der Waals surface area contributed by atoms with E-state index in [0.29, 0.717) is 10.5 Å². The van der Waals surface area contributed by atoms with Gasteiger partial charge in [0.15, 0.2) is 0 Å². The van der Waals surface area contributed by atoms with Crippen molar-refractivity contribution in [2.75, 3.05) is 6.54 Å². The number of furan rings is 1. The van der Waals surface area contributed by atoms with Crippen molar-refractivity contribution >= 4 is 15.9 Å². The maximum Gasteiger partial charge on any atom is 0.137 e. The maximum atomic E-state index is 13.2.